The van der Waals surface area contributed by atoms with E-state index in [1.54, 1.807) is 34.6 Å². The number of benzene rings is 1. The number of ether oxygens (including phenoxy) is 3. The summed E-state index contributed by atoms with van der Waals surface area (Å²) in [7, 11) is 1.53. The summed E-state index contributed by atoms with van der Waals surface area (Å²) >= 11 is 1.02. The fourth-order valence-electron chi connectivity index (χ4n) is 3.74. The maximum Gasteiger partial charge on any atom is 0.348 e. The van der Waals surface area contributed by atoms with Crippen molar-refractivity contribution < 1.29 is 23.8 Å². The normalized spacial score (nSPS) is 12.0. The molecule has 1 unspecified atom stereocenters. The molecule has 0 saturated carbocycles. The van der Waals surface area contributed by atoms with Crippen molar-refractivity contribution in [3.63, 3.8) is 0 Å². The summed E-state index contributed by atoms with van der Waals surface area (Å²) in [4.78, 5) is 52.6. The molecule has 0 amide bonds. The van der Waals surface area contributed by atoms with Gasteiger partial charge >= 0.3 is 17.6 Å². The molecule has 37 heavy (non-hydrogen) atoms. The van der Waals surface area contributed by atoms with E-state index in [4.69, 9.17) is 14.2 Å². The molecule has 202 valence electrons. The molecule has 1 aromatic carbocycles. The molecule has 2 heterocycles. The predicted octanol–water partition coefficient (Wildman–Crippen LogP) is 4.47. The van der Waals surface area contributed by atoms with Crippen LogP contribution in [0.2, 0.25) is 0 Å². The van der Waals surface area contributed by atoms with Crippen LogP contribution in [-0.2, 0) is 32.1 Å². The Morgan fingerprint density at radius 1 is 1.05 bits per heavy atom. The van der Waals surface area contributed by atoms with Gasteiger partial charge in [0.05, 0.1) is 18.5 Å². The molecule has 3 rings (SSSR count). The van der Waals surface area contributed by atoms with Crippen molar-refractivity contribution in [1.29, 1.82) is 0 Å². The van der Waals surface area contributed by atoms with Crippen molar-refractivity contribution in [2.24, 2.45) is 0 Å². The lowest BCUT2D eigenvalue weighted by Gasteiger charge is -2.21. The van der Waals surface area contributed by atoms with Crippen molar-refractivity contribution in [3.8, 4) is 0 Å². The number of esters is 2. The molecule has 0 saturated heterocycles. The number of carbonyl (C=O) groups is 2. The molecule has 0 aliphatic rings. The van der Waals surface area contributed by atoms with Crippen molar-refractivity contribution in [1.82, 2.24) is 9.13 Å². The Bertz CT molecular complexity index is 1350. The number of fused-ring (bicyclic) bond motifs is 1. The highest BCUT2D eigenvalue weighted by molar-refractivity contribution is 7.20. The molecule has 0 bridgehead atoms. The van der Waals surface area contributed by atoms with Crippen molar-refractivity contribution in [2.45, 2.75) is 73.3 Å². The van der Waals surface area contributed by atoms with Gasteiger partial charge < -0.3 is 14.2 Å². The number of hydrogen-bond donors (Lipinski definition) is 0. The molecule has 0 fully saturated rings. The van der Waals surface area contributed by atoms with Gasteiger partial charge in [-0.1, -0.05) is 44.2 Å². The fraction of sp³-hybridized carbons (Fsp3) is 0.481. The van der Waals surface area contributed by atoms with Gasteiger partial charge in [-0.25, -0.2) is 14.2 Å². The summed E-state index contributed by atoms with van der Waals surface area (Å²) in [5.74, 6) is -1.29. The van der Waals surface area contributed by atoms with Gasteiger partial charge in [-0.3, -0.25) is 14.2 Å². The van der Waals surface area contributed by atoms with Gasteiger partial charge in [0.25, 0.3) is 5.56 Å². The van der Waals surface area contributed by atoms with Crippen LogP contribution in [0.5, 0.6) is 0 Å². The number of nitrogens with zero attached hydrogens (tertiary/aromatic N) is 2. The van der Waals surface area contributed by atoms with E-state index in [1.165, 1.54) is 11.7 Å². The molecule has 0 aliphatic heterocycles. The molecule has 10 heteroatoms. The second kappa shape index (κ2) is 12.8. The Balaban J connectivity index is 0.00000235. The highest BCUT2D eigenvalue weighted by atomic mass is 32.1. The lowest BCUT2D eigenvalue weighted by molar-refractivity contribution is -0.155. The second-order valence-corrected chi connectivity index (χ2v) is 9.96. The summed E-state index contributed by atoms with van der Waals surface area (Å²) in [6.07, 6.45) is -0.516. The van der Waals surface area contributed by atoms with Crippen LogP contribution in [0.25, 0.3) is 10.2 Å². The van der Waals surface area contributed by atoms with E-state index in [1.807, 2.05) is 44.2 Å². The van der Waals surface area contributed by atoms with Gasteiger partial charge in [-0.05, 0) is 45.7 Å². The van der Waals surface area contributed by atoms with Crippen molar-refractivity contribution in [2.75, 3.05) is 13.7 Å². The van der Waals surface area contributed by atoms with Crippen LogP contribution in [0.4, 0.5) is 0 Å². The minimum atomic E-state index is -0.784. The third-order valence-corrected chi connectivity index (χ3v) is 6.56. The molecule has 2 aromatic heterocycles. The molecule has 0 radical (unpaired) electrons. The van der Waals surface area contributed by atoms with E-state index >= 15 is 0 Å². The number of carbonyl (C=O) groups excluding carboxylic acids is 2. The molecular weight excluding hydrogens is 496 g/mol. The number of hydrogen-bond acceptors (Lipinski definition) is 8. The Morgan fingerprint density at radius 2 is 1.68 bits per heavy atom. The zero-order chi connectivity index (χ0) is 27.9. The maximum absolute atomic E-state index is 13.6. The maximum atomic E-state index is 13.6. The Hall–Kier alpha value is -3.24. The van der Waals surface area contributed by atoms with Crippen LogP contribution in [-0.4, -0.2) is 40.4 Å². The first-order valence-electron chi connectivity index (χ1n) is 12.2. The smallest absolute Gasteiger partial charge is 0.348 e. The van der Waals surface area contributed by atoms with Crippen LogP contribution < -0.4 is 11.2 Å². The van der Waals surface area contributed by atoms with E-state index in [0.717, 1.165) is 21.5 Å². The molecule has 0 spiro atoms. The molecule has 9 nitrogen and oxygen atoms in total. The number of rotatable bonds is 8. The lowest BCUT2D eigenvalue weighted by Crippen LogP contribution is -2.43. The van der Waals surface area contributed by atoms with E-state index in [-0.39, 0.29) is 23.4 Å². The number of aromatic nitrogens is 2. The van der Waals surface area contributed by atoms with E-state index in [2.05, 4.69) is 0 Å². The first-order chi connectivity index (χ1) is 17.5. The standard InChI is InChI=1S/C25H30N2O7S.C2H6/c1-7-33-23(30)20-15(2)19-21(29)26(14-18(28)34-25(3,4)5)24(31)27(22(19)35-20)13-17(32-6)16-11-9-8-10-12-16;1-2/h8-12,17H,7,13-14H2,1-6H3;1-2H3. The Labute approximate surface area is 220 Å². The summed E-state index contributed by atoms with van der Waals surface area (Å²) in [5.41, 5.74) is -0.908. The Morgan fingerprint density at radius 3 is 2.22 bits per heavy atom. The topological polar surface area (TPSA) is 106 Å². The second-order valence-electron chi connectivity index (χ2n) is 8.96. The third-order valence-electron chi connectivity index (χ3n) is 5.27. The average molecular weight is 533 g/mol. The van der Waals surface area contributed by atoms with Crippen LogP contribution in [0.3, 0.4) is 0 Å². The lowest BCUT2D eigenvalue weighted by atomic mass is 10.1. The Kier molecular flexibility index (Phi) is 10.4. The summed E-state index contributed by atoms with van der Waals surface area (Å²) in [5, 5.41) is 0.184. The summed E-state index contributed by atoms with van der Waals surface area (Å²) in [6.45, 7) is 12.1. The zero-order valence-electron chi connectivity index (χ0n) is 22.7. The van der Waals surface area contributed by atoms with Gasteiger partial charge in [0.1, 0.15) is 28.0 Å². The van der Waals surface area contributed by atoms with Crippen molar-refractivity contribution in [3.05, 3.63) is 67.2 Å². The summed E-state index contributed by atoms with van der Waals surface area (Å²) in [6, 6.07) is 9.33. The minimum Gasteiger partial charge on any atom is -0.462 e. The van der Waals surface area contributed by atoms with Gasteiger partial charge in [0.2, 0.25) is 0 Å². The van der Waals surface area contributed by atoms with E-state index in [9.17, 15) is 19.2 Å². The van der Waals surface area contributed by atoms with Crippen LogP contribution in [0.1, 0.15) is 68.4 Å². The third kappa shape index (κ3) is 6.95. The van der Waals surface area contributed by atoms with E-state index < -0.39 is 41.4 Å². The van der Waals surface area contributed by atoms with Gasteiger partial charge in [0.15, 0.2) is 0 Å². The predicted molar refractivity (Wildman–Crippen MR) is 144 cm³/mol. The number of aryl methyl sites for hydroxylation is 1. The quantitative estimate of drug-likeness (QED) is 0.394. The van der Waals surface area contributed by atoms with Gasteiger partial charge in [0, 0.05) is 7.11 Å². The van der Waals surface area contributed by atoms with Gasteiger partial charge in [-0.15, -0.1) is 11.3 Å². The van der Waals surface area contributed by atoms with Crippen LogP contribution in [0, 0.1) is 6.92 Å². The SMILES string of the molecule is CC.CCOC(=O)c1sc2c(c1C)c(=O)n(CC(=O)OC(C)(C)C)c(=O)n2CC(OC)c1ccccc1. The number of thiophene rings is 1. The van der Waals surface area contributed by atoms with Crippen LogP contribution in [0.15, 0.2) is 39.9 Å². The first kappa shape index (κ1) is 30.0. The molecular formula is C27H36N2O7S. The van der Waals surface area contributed by atoms with Crippen LogP contribution >= 0.6 is 11.3 Å². The highest BCUT2D eigenvalue weighted by Crippen LogP contribution is 2.30. The average Bonchev–Trinajstić information content (AvgIpc) is 3.20. The van der Waals surface area contributed by atoms with Crippen molar-refractivity contribution >= 4 is 33.5 Å². The largest absolute Gasteiger partial charge is 0.462 e. The fourth-order valence-corrected chi connectivity index (χ4v) is 4.93. The monoisotopic (exact) mass is 532 g/mol. The highest BCUT2D eigenvalue weighted by Gasteiger charge is 2.27. The molecule has 1 atom stereocenters. The summed E-state index contributed by atoms with van der Waals surface area (Å²) < 4.78 is 18.4. The molecule has 0 aliphatic carbocycles. The zero-order valence-corrected chi connectivity index (χ0v) is 23.6. The number of methoxy groups -OCH3 is 1. The molecule has 3 aromatic rings. The first-order valence-corrected chi connectivity index (χ1v) is 13.0. The van der Waals surface area contributed by atoms with E-state index in [0.29, 0.717) is 10.4 Å². The minimum absolute atomic E-state index is 0.0622. The molecule has 0 N–H and O–H groups in total. The van der Waals surface area contributed by atoms with Gasteiger partial charge in [-0.2, -0.15) is 0 Å².